The number of halogens is 1. The number of nitrogens with zero attached hydrogens (tertiary/aromatic N) is 5. The van der Waals surface area contributed by atoms with Crippen LogP contribution < -0.4 is 9.80 Å². The first kappa shape index (κ1) is 18.3. The number of benzene rings is 2. The lowest BCUT2D eigenvalue weighted by molar-refractivity contribution is 0.869. The lowest BCUT2D eigenvalue weighted by atomic mass is 10.1. The number of fused-ring (bicyclic) bond motifs is 1. The average Bonchev–Trinajstić information content (AvgIpc) is 3.11. The molecule has 0 N–H and O–H groups in total. The molecule has 0 bridgehead atoms. The van der Waals surface area contributed by atoms with Gasteiger partial charge in [-0.2, -0.15) is 0 Å². The quantitative estimate of drug-likeness (QED) is 0.492. The van der Waals surface area contributed by atoms with E-state index in [1.54, 1.807) is 0 Å². The highest BCUT2D eigenvalue weighted by Gasteiger charge is 2.10. The van der Waals surface area contributed by atoms with Crippen LogP contribution in [0.3, 0.4) is 0 Å². The van der Waals surface area contributed by atoms with E-state index in [4.69, 9.17) is 11.6 Å². The molecular weight excluding hydrogens is 370 g/mol. The van der Waals surface area contributed by atoms with Gasteiger partial charge in [0.15, 0.2) is 5.65 Å². The summed E-state index contributed by atoms with van der Waals surface area (Å²) in [5.41, 5.74) is 6.25. The number of rotatable bonds is 5. The molecule has 0 fully saturated rings. The minimum Gasteiger partial charge on any atom is -0.378 e. The van der Waals surface area contributed by atoms with Gasteiger partial charge >= 0.3 is 0 Å². The van der Waals surface area contributed by atoms with E-state index in [9.17, 15) is 0 Å². The molecule has 0 saturated carbocycles. The van der Waals surface area contributed by atoms with Crippen molar-refractivity contribution >= 4 is 28.6 Å². The third-order valence-electron chi connectivity index (χ3n) is 4.80. The topological polar surface area (TPSA) is 36.7 Å². The predicted octanol–water partition coefficient (Wildman–Crippen LogP) is 4.75. The lowest BCUT2D eigenvalue weighted by Gasteiger charge is -2.19. The zero-order chi connectivity index (χ0) is 19.7. The molecule has 2 aromatic carbocycles. The van der Waals surface area contributed by atoms with E-state index < -0.39 is 0 Å². The van der Waals surface area contributed by atoms with Crippen molar-refractivity contribution < 1.29 is 0 Å². The van der Waals surface area contributed by atoms with Gasteiger partial charge in [-0.25, -0.2) is 4.98 Å². The fraction of sp³-hybridized carbons (Fsp3) is 0.182. The summed E-state index contributed by atoms with van der Waals surface area (Å²) in [4.78, 5) is 13.3. The van der Waals surface area contributed by atoms with Gasteiger partial charge in [0, 0.05) is 49.3 Å². The Labute approximate surface area is 169 Å². The van der Waals surface area contributed by atoms with Gasteiger partial charge in [-0.05, 0) is 36.4 Å². The van der Waals surface area contributed by atoms with Crippen molar-refractivity contribution in [2.24, 2.45) is 0 Å². The molecule has 28 heavy (non-hydrogen) atoms. The Morgan fingerprint density at radius 3 is 2.21 bits per heavy atom. The van der Waals surface area contributed by atoms with Crippen LogP contribution in [0, 0.1) is 0 Å². The smallest absolute Gasteiger partial charge is 0.155 e. The van der Waals surface area contributed by atoms with Gasteiger partial charge in [0.25, 0.3) is 0 Å². The minimum absolute atomic E-state index is 0.689. The molecule has 0 saturated heterocycles. The fourth-order valence-corrected chi connectivity index (χ4v) is 3.31. The Hall–Kier alpha value is -3.05. The van der Waals surface area contributed by atoms with Gasteiger partial charge in [0.2, 0.25) is 0 Å². The van der Waals surface area contributed by atoms with E-state index in [0.29, 0.717) is 6.54 Å². The standard InChI is InChI=1S/C22H22ClN5/c1-26(2)19-8-4-16(5-9-19)21-12-25-22-13-24-18(15-28(21)22)14-27(3)20-10-6-17(23)7-11-20/h4-13,15H,14H2,1-3H3. The summed E-state index contributed by atoms with van der Waals surface area (Å²) in [5, 5.41) is 0.736. The Kier molecular flexibility index (Phi) is 4.92. The first-order chi connectivity index (χ1) is 13.5. The number of imidazole rings is 1. The van der Waals surface area contributed by atoms with Crippen molar-refractivity contribution in [1.82, 2.24) is 14.4 Å². The molecule has 0 aliphatic carbocycles. The Balaban J connectivity index is 1.63. The highest BCUT2D eigenvalue weighted by Crippen LogP contribution is 2.24. The van der Waals surface area contributed by atoms with E-state index in [0.717, 1.165) is 33.3 Å². The lowest BCUT2D eigenvalue weighted by Crippen LogP contribution is -2.17. The Bertz CT molecular complexity index is 1080. The van der Waals surface area contributed by atoms with Crippen LogP contribution in [0.5, 0.6) is 0 Å². The highest BCUT2D eigenvalue weighted by atomic mass is 35.5. The maximum Gasteiger partial charge on any atom is 0.155 e. The number of hydrogen-bond acceptors (Lipinski definition) is 4. The second kappa shape index (κ2) is 7.52. The van der Waals surface area contributed by atoms with Crippen LogP contribution in [0.1, 0.15) is 5.69 Å². The summed E-state index contributed by atoms with van der Waals surface area (Å²) < 4.78 is 2.10. The third-order valence-corrected chi connectivity index (χ3v) is 5.05. The van der Waals surface area contributed by atoms with E-state index >= 15 is 0 Å². The van der Waals surface area contributed by atoms with Gasteiger partial charge in [-0.3, -0.25) is 9.38 Å². The number of hydrogen-bond donors (Lipinski definition) is 0. The SMILES string of the molecule is CN(C)c1ccc(-c2cnc3cnc(CN(C)c4ccc(Cl)cc4)cn23)cc1. The average molecular weight is 392 g/mol. The van der Waals surface area contributed by atoms with Crippen molar-refractivity contribution in [3.8, 4) is 11.3 Å². The van der Waals surface area contributed by atoms with Crippen molar-refractivity contribution in [1.29, 1.82) is 0 Å². The van der Waals surface area contributed by atoms with Crippen LogP contribution in [-0.4, -0.2) is 35.5 Å². The van der Waals surface area contributed by atoms with Gasteiger partial charge in [0.05, 0.1) is 30.3 Å². The molecule has 6 heteroatoms. The minimum atomic E-state index is 0.689. The molecule has 0 atom stereocenters. The van der Waals surface area contributed by atoms with Crippen LogP contribution >= 0.6 is 11.6 Å². The molecule has 5 nitrogen and oxygen atoms in total. The van der Waals surface area contributed by atoms with E-state index in [-0.39, 0.29) is 0 Å². The molecule has 0 spiro atoms. The highest BCUT2D eigenvalue weighted by molar-refractivity contribution is 6.30. The van der Waals surface area contributed by atoms with Gasteiger partial charge < -0.3 is 9.80 Å². The van der Waals surface area contributed by atoms with Crippen LogP contribution in [0.25, 0.3) is 16.9 Å². The summed E-state index contributed by atoms with van der Waals surface area (Å²) in [7, 11) is 6.13. The van der Waals surface area contributed by atoms with Gasteiger partial charge in [-0.15, -0.1) is 0 Å². The second-order valence-electron chi connectivity index (χ2n) is 7.02. The molecule has 2 heterocycles. The molecule has 2 aromatic heterocycles. The molecule has 4 aromatic rings. The molecule has 142 valence electrons. The summed E-state index contributed by atoms with van der Waals surface area (Å²) >= 11 is 5.99. The van der Waals surface area contributed by atoms with Crippen LogP contribution in [-0.2, 0) is 6.54 Å². The van der Waals surface area contributed by atoms with Crippen molar-refractivity contribution in [2.45, 2.75) is 6.54 Å². The number of anilines is 2. The zero-order valence-corrected chi connectivity index (χ0v) is 16.9. The van der Waals surface area contributed by atoms with Crippen molar-refractivity contribution in [3.05, 3.63) is 77.8 Å². The Morgan fingerprint density at radius 2 is 1.54 bits per heavy atom. The van der Waals surface area contributed by atoms with E-state index in [1.807, 2.05) is 57.8 Å². The molecule has 0 radical (unpaired) electrons. The first-order valence-electron chi connectivity index (χ1n) is 9.08. The Morgan fingerprint density at radius 1 is 0.857 bits per heavy atom. The predicted molar refractivity (Wildman–Crippen MR) is 116 cm³/mol. The monoisotopic (exact) mass is 391 g/mol. The molecule has 0 aliphatic rings. The van der Waals surface area contributed by atoms with Gasteiger partial charge in [0.1, 0.15) is 0 Å². The van der Waals surface area contributed by atoms with Crippen molar-refractivity contribution in [3.63, 3.8) is 0 Å². The zero-order valence-electron chi connectivity index (χ0n) is 16.2. The maximum atomic E-state index is 5.99. The van der Waals surface area contributed by atoms with E-state index in [2.05, 4.69) is 54.6 Å². The normalized spacial score (nSPS) is 11.0. The molecule has 4 rings (SSSR count). The third kappa shape index (κ3) is 3.66. The molecular formula is C22H22ClN5. The maximum absolute atomic E-state index is 5.99. The van der Waals surface area contributed by atoms with Gasteiger partial charge in [-0.1, -0.05) is 23.7 Å². The summed E-state index contributed by atoms with van der Waals surface area (Å²) in [5.74, 6) is 0. The fourth-order valence-electron chi connectivity index (χ4n) is 3.18. The van der Waals surface area contributed by atoms with Crippen LogP contribution in [0.2, 0.25) is 5.02 Å². The van der Waals surface area contributed by atoms with Crippen LogP contribution in [0.15, 0.2) is 67.1 Å². The van der Waals surface area contributed by atoms with E-state index in [1.165, 1.54) is 5.69 Å². The molecule has 0 amide bonds. The molecule has 0 unspecified atom stereocenters. The first-order valence-corrected chi connectivity index (χ1v) is 9.45. The number of aromatic nitrogens is 3. The largest absolute Gasteiger partial charge is 0.378 e. The molecule has 0 aliphatic heterocycles. The summed E-state index contributed by atoms with van der Waals surface area (Å²) in [6, 6.07) is 16.3. The van der Waals surface area contributed by atoms with Crippen LogP contribution in [0.4, 0.5) is 11.4 Å². The summed E-state index contributed by atoms with van der Waals surface area (Å²) in [6.07, 6.45) is 5.78. The second-order valence-corrected chi connectivity index (χ2v) is 7.46. The van der Waals surface area contributed by atoms with Crippen molar-refractivity contribution in [2.75, 3.05) is 30.9 Å². The summed E-state index contributed by atoms with van der Waals surface area (Å²) in [6.45, 7) is 0.689.